The van der Waals surface area contributed by atoms with E-state index in [1.54, 1.807) is 0 Å². The van der Waals surface area contributed by atoms with Gasteiger partial charge in [-0.15, -0.1) is 12.6 Å². The van der Waals surface area contributed by atoms with Gasteiger partial charge < -0.3 is 10.2 Å². The first-order valence-corrected chi connectivity index (χ1v) is 4.03. The summed E-state index contributed by atoms with van der Waals surface area (Å²) in [6.45, 7) is 0.321. The molecule has 1 heterocycles. The third-order valence-corrected chi connectivity index (χ3v) is 1.98. The number of hydrogen-bond donors (Lipinski definition) is 2. The molecule has 0 spiro atoms. The summed E-state index contributed by atoms with van der Waals surface area (Å²) in [5.74, 6) is 0.548. The lowest BCUT2D eigenvalue weighted by molar-refractivity contribution is 0.533. The molecule has 0 saturated carbocycles. The molecule has 2 N–H and O–H groups in total. The molecule has 12 heavy (non-hydrogen) atoms. The normalized spacial score (nSPS) is 10.8. The van der Waals surface area contributed by atoms with Crippen molar-refractivity contribution < 1.29 is 4.42 Å². The first-order valence-electron chi connectivity index (χ1n) is 3.58. The van der Waals surface area contributed by atoms with Crippen LogP contribution < -0.4 is 5.73 Å². The minimum Gasteiger partial charge on any atom is -0.439 e. The average molecular weight is 180 g/mol. The molecule has 0 unspecified atom stereocenters. The van der Waals surface area contributed by atoms with Gasteiger partial charge in [-0.25, -0.2) is 4.98 Å². The molecule has 1 aromatic carbocycles. The van der Waals surface area contributed by atoms with Gasteiger partial charge in [0, 0.05) is 4.90 Å². The molecule has 4 heteroatoms. The molecule has 0 saturated heterocycles. The highest BCUT2D eigenvalue weighted by atomic mass is 32.1. The van der Waals surface area contributed by atoms with Gasteiger partial charge in [0.05, 0.1) is 6.54 Å². The lowest BCUT2D eigenvalue weighted by Gasteiger charge is -1.87. The zero-order chi connectivity index (χ0) is 8.55. The van der Waals surface area contributed by atoms with Gasteiger partial charge in [0.1, 0.15) is 5.52 Å². The van der Waals surface area contributed by atoms with Crippen LogP contribution in [0.15, 0.2) is 27.5 Å². The van der Waals surface area contributed by atoms with Gasteiger partial charge in [0.25, 0.3) is 0 Å². The number of para-hydroxylation sites is 1. The van der Waals surface area contributed by atoms with E-state index in [0.717, 1.165) is 16.0 Å². The van der Waals surface area contributed by atoms with E-state index in [9.17, 15) is 0 Å². The number of hydrogen-bond acceptors (Lipinski definition) is 4. The molecule has 0 atom stereocenters. The molecule has 0 aliphatic heterocycles. The van der Waals surface area contributed by atoms with E-state index in [4.69, 9.17) is 10.2 Å². The second kappa shape index (κ2) is 2.80. The van der Waals surface area contributed by atoms with Crippen molar-refractivity contribution in [1.29, 1.82) is 0 Å². The fourth-order valence-electron chi connectivity index (χ4n) is 1.07. The van der Waals surface area contributed by atoms with Crippen molar-refractivity contribution in [2.45, 2.75) is 11.4 Å². The fraction of sp³-hybridized carbons (Fsp3) is 0.125. The largest absolute Gasteiger partial charge is 0.439 e. The highest BCUT2D eigenvalue weighted by Crippen LogP contribution is 2.21. The Balaban J connectivity index is 2.74. The van der Waals surface area contributed by atoms with E-state index < -0.39 is 0 Å². The van der Waals surface area contributed by atoms with Crippen LogP contribution in [0.3, 0.4) is 0 Å². The minimum atomic E-state index is 0.321. The number of nitrogens with zero attached hydrogens (tertiary/aromatic N) is 1. The molecule has 1 aromatic heterocycles. The van der Waals surface area contributed by atoms with Gasteiger partial charge in [-0.1, -0.05) is 6.07 Å². The summed E-state index contributed by atoms with van der Waals surface area (Å²) in [6, 6.07) is 5.59. The molecule has 2 rings (SSSR count). The van der Waals surface area contributed by atoms with Crippen molar-refractivity contribution in [3.63, 3.8) is 0 Å². The summed E-state index contributed by atoms with van der Waals surface area (Å²) < 4.78 is 5.31. The summed E-state index contributed by atoms with van der Waals surface area (Å²) in [7, 11) is 0. The van der Waals surface area contributed by atoms with E-state index in [1.165, 1.54) is 0 Å². The van der Waals surface area contributed by atoms with Crippen LogP contribution in [0, 0.1) is 0 Å². The zero-order valence-corrected chi connectivity index (χ0v) is 7.21. The maximum Gasteiger partial charge on any atom is 0.209 e. The Morgan fingerprint density at radius 1 is 1.50 bits per heavy atom. The molecule has 3 nitrogen and oxygen atoms in total. The van der Waals surface area contributed by atoms with Gasteiger partial charge in [-0.05, 0) is 12.1 Å². The van der Waals surface area contributed by atoms with Crippen LogP contribution in [-0.4, -0.2) is 4.98 Å². The van der Waals surface area contributed by atoms with Crippen LogP contribution in [0.25, 0.3) is 11.1 Å². The SMILES string of the molecule is NCc1nc2c(S)cccc2o1. The lowest BCUT2D eigenvalue weighted by atomic mass is 10.3. The van der Waals surface area contributed by atoms with Gasteiger partial charge >= 0.3 is 0 Å². The second-order valence-corrected chi connectivity index (χ2v) is 2.92. The third kappa shape index (κ3) is 1.09. The van der Waals surface area contributed by atoms with Gasteiger partial charge in [0.15, 0.2) is 5.58 Å². The maximum absolute atomic E-state index is 5.38. The third-order valence-electron chi connectivity index (χ3n) is 1.62. The monoisotopic (exact) mass is 180 g/mol. The summed E-state index contributed by atoms with van der Waals surface area (Å²) in [5.41, 5.74) is 6.90. The molecule has 0 fully saturated rings. The minimum absolute atomic E-state index is 0.321. The molecular formula is C8H8N2OS. The molecular weight excluding hydrogens is 172 g/mol. The van der Waals surface area contributed by atoms with Crippen LogP contribution in [0.5, 0.6) is 0 Å². The highest BCUT2D eigenvalue weighted by Gasteiger charge is 2.05. The van der Waals surface area contributed by atoms with Gasteiger partial charge in [0.2, 0.25) is 5.89 Å². The van der Waals surface area contributed by atoms with Crippen molar-refractivity contribution in [2.75, 3.05) is 0 Å². The van der Waals surface area contributed by atoms with Crippen molar-refractivity contribution in [3.8, 4) is 0 Å². The number of fused-ring (bicyclic) bond motifs is 1. The number of oxazole rings is 1. The molecule has 62 valence electrons. The van der Waals surface area contributed by atoms with E-state index in [2.05, 4.69) is 17.6 Å². The standard InChI is InChI=1S/C8H8N2OS/c9-4-7-10-8-5(11-7)2-1-3-6(8)12/h1-3,12H,4,9H2. The van der Waals surface area contributed by atoms with Gasteiger partial charge in [-0.2, -0.15) is 0 Å². The fourth-order valence-corrected chi connectivity index (χ4v) is 1.31. The predicted molar refractivity (Wildman–Crippen MR) is 49.2 cm³/mol. The van der Waals surface area contributed by atoms with Crippen molar-refractivity contribution in [3.05, 3.63) is 24.1 Å². The Morgan fingerprint density at radius 3 is 3.00 bits per heavy atom. The van der Waals surface area contributed by atoms with Crippen molar-refractivity contribution in [1.82, 2.24) is 4.98 Å². The molecule has 0 aliphatic carbocycles. The number of benzene rings is 1. The highest BCUT2D eigenvalue weighted by molar-refractivity contribution is 7.80. The van der Waals surface area contributed by atoms with Crippen LogP contribution in [0.4, 0.5) is 0 Å². The number of aromatic nitrogens is 1. The van der Waals surface area contributed by atoms with Crippen LogP contribution in [-0.2, 0) is 6.54 Å². The molecule has 0 radical (unpaired) electrons. The first-order chi connectivity index (χ1) is 5.81. The number of nitrogens with two attached hydrogens (primary N) is 1. The zero-order valence-electron chi connectivity index (χ0n) is 6.32. The van der Waals surface area contributed by atoms with Crippen LogP contribution >= 0.6 is 12.6 Å². The van der Waals surface area contributed by atoms with Crippen LogP contribution in [0.1, 0.15) is 5.89 Å². The second-order valence-electron chi connectivity index (χ2n) is 2.44. The summed E-state index contributed by atoms with van der Waals surface area (Å²) >= 11 is 4.24. The maximum atomic E-state index is 5.38. The molecule has 2 aromatic rings. The Hall–Kier alpha value is -1.00. The van der Waals surface area contributed by atoms with E-state index >= 15 is 0 Å². The van der Waals surface area contributed by atoms with E-state index in [-0.39, 0.29) is 0 Å². The summed E-state index contributed by atoms with van der Waals surface area (Å²) in [4.78, 5) is 4.98. The Bertz CT molecular complexity index is 410. The quantitative estimate of drug-likeness (QED) is 0.655. The van der Waals surface area contributed by atoms with Gasteiger partial charge in [-0.3, -0.25) is 0 Å². The average Bonchev–Trinajstić information content (AvgIpc) is 2.49. The Kier molecular flexibility index (Phi) is 1.78. The number of rotatable bonds is 1. The van der Waals surface area contributed by atoms with Crippen molar-refractivity contribution in [2.24, 2.45) is 5.73 Å². The smallest absolute Gasteiger partial charge is 0.209 e. The lowest BCUT2D eigenvalue weighted by Crippen LogP contribution is -1.95. The predicted octanol–water partition coefficient (Wildman–Crippen LogP) is 1.58. The Labute approximate surface area is 75.0 Å². The molecule has 0 amide bonds. The first kappa shape index (κ1) is 7.64. The molecule has 0 bridgehead atoms. The summed E-state index contributed by atoms with van der Waals surface area (Å²) in [5, 5.41) is 0. The number of thiol groups is 1. The molecule has 0 aliphatic rings. The Morgan fingerprint density at radius 2 is 2.33 bits per heavy atom. The van der Waals surface area contributed by atoms with E-state index in [0.29, 0.717) is 12.4 Å². The van der Waals surface area contributed by atoms with Crippen molar-refractivity contribution >= 4 is 23.7 Å². The van der Waals surface area contributed by atoms with Crippen LogP contribution in [0.2, 0.25) is 0 Å². The topological polar surface area (TPSA) is 52.0 Å². The van der Waals surface area contributed by atoms with E-state index in [1.807, 2.05) is 18.2 Å². The summed E-state index contributed by atoms with van der Waals surface area (Å²) in [6.07, 6.45) is 0.